The lowest BCUT2D eigenvalue weighted by Gasteiger charge is -2.42. The van der Waals surface area contributed by atoms with Crippen LogP contribution >= 0.6 is 0 Å². The van der Waals surface area contributed by atoms with Gasteiger partial charge in [-0.3, -0.25) is 9.59 Å². The summed E-state index contributed by atoms with van der Waals surface area (Å²) in [6.45, 7) is 8.13. The van der Waals surface area contributed by atoms with Gasteiger partial charge in [0.15, 0.2) is 5.78 Å². The molecule has 0 unspecified atom stereocenters. The molecule has 94 valence electrons. The molecular formula is C15H22O2. The van der Waals surface area contributed by atoms with E-state index in [0.29, 0.717) is 11.7 Å². The van der Waals surface area contributed by atoms with Gasteiger partial charge in [-0.2, -0.15) is 0 Å². The maximum atomic E-state index is 12.4. The van der Waals surface area contributed by atoms with E-state index >= 15 is 0 Å². The first kappa shape index (κ1) is 12.5. The SMILES string of the molecule is CC1=CC(=O)[C@H](C(C)C)[C@H]2C(=O)[C@@H](C)CC[C@H]12. The Morgan fingerprint density at radius 2 is 1.88 bits per heavy atom. The molecule has 0 aromatic carbocycles. The fourth-order valence-electron chi connectivity index (χ4n) is 3.56. The molecule has 1 fully saturated rings. The molecule has 17 heavy (non-hydrogen) atoms. The van der Waals surface area contributed by atoms with E-state index in [1.54, 1.807) is 6.08 Å². The lowest BCUT2D eigenvalue weighted by Crippen LogP contribution is -2.46. The summed E-state index contributed by atoms with van der Waals surface area (Å²) < 4.78 is 0. The third-order valence-electron chi connectivity index (χ3n) is 4.55. The predicted octanol–water partition coefficient (Wildman–Crippen LogP) is 3.02. The number of rotatable bonds is 1. The fourth-order valence-corrected chi connectivity index (χ4v) is 3.56. The van der Waals surface area contributed by atoms with Gasteiger partial charge in [0.25, 0.3) is 0 Å². The molecule has 0 heterocycles. The molecule has 0 aromatic rings. The zero-order valence-corrected chi connectivity index (χ0v) is 11.2. The number of fused-ring (bicyclic) bond motifs is 1. The summed E-state index contributed by atoms with van der Waals surface area (Å²) in [4.78, 5) is 24.5. The van der Waals surface area contributed by atoms with Crippen LogP contribution in [-0.2, 0) is 9.59 Å². The molecule has 0 saturated heterocycles. The summed E-state index contributed by atoms with van der Waals surface area (Å²) in [5.41, 5.74) is 1.12. The Balaban J connectivity index is 2.41. The van der Waals surface area contributed by atoms with Gasteiger partial charge >= 0.3 is 0 Å². The van der Waals surface area contributed by atoms with E-state index in [1.165, 1.54) is 0 Å². The normalized spacial score (nSPS) is 38.1. The van der Waals surface area contributed by atoms with Gasteiger partial charge in [0.1, 0.15) is 5.78 Å². The Kier molecular flexibility index (Phi) is 3.24. The van der Waals surface area contributed by atoms with Crippen molar-refractivity contribution in [3.8, 4) is 0 Å². The summed E-state index contributed by atoms with van der Waals surface area (Å²) in [5, 5.41) is 0. The van der Waals surface area contributed by atoms with Crippen molar-refractivity contribution < 1.29 is 9.59 Å². The van der Waals surface area contributed by atoms with E-state index < -0.39 is 0 Å². The number of carbonyl (C=O) groups excluding carboxylic acids is 2. The molecular weight excluding hydrogens is 212 g/mol. The highest BCUT2D eigenvalue weighted by Gasteiger charge is 2.47. The van der Waals surface area contributed by atoms with Crippen LogP contribution in [0.1, 0.15) is 40.5 Å². The summed E-state index contributed by atoms with van der Waals surface area (Å²) in [5.74, 6) is 1.07. The van der Waals surface area contributed by atoms with Crippen molar-refractivity contribution in [3.05, 3.63) is 11.6 Å². The minimum Gasteiger partial charge on any atom is -0.299 e. The van der Waals surface area contributed by atoms with E-state index in [1.807, 2.05) is 13.8 Å². The Morgan fingerprint density at radius 1 is 1.24 bits per heavy atom. The van der Waals surface area contributed by atoms with E-state index in [0.717, 1.165) is 18.4 Å². The Bertz CT molecular complexity index is 378. The minimum atomic E-state index is -0.0843. The molecule has 2 heteroatoms. The van der Waals surface area contributed by atoms with Crippen LogP contribution in [0.4, 0.5) is 0 Å². The van der Waals surface area contributed by atoms with Gasteiger partial charge in [0.05, 0.1) is 0 Å². The van der Waals surface area contributed by atoms with Crippen LogP contribution in [0.2, 0.25) is 0 Å². The summed E-state index contributed by atoms with van der Waals surface area (Å²) >= 11 is 0. The van der Waals surface area contributed by atoms with Gasteiger partial charge in [-0.25, -0.2) is 0 Å². The molecule has 2 aliphatic rings. The second-order valence-electron chi connectivity index (χ2n) is 6.07. The van der Waals surface area contributed by atoms with Gasteiger partial charge < -0.3 is 0 Å². The minimum absolute atomic E-state index is 0.0451. The number of allylic oxidation sites excluding steroid dienone is 2. The van der Waals surface area contributed by atoms with Gasteiger partial charge in [-0.1, -0.05) is 26.3 Å². The van der Waals surface area contributed by atoms with E-state index in [4.69, 9.17) is 0 Å². The smallest absolute Gasteiger partial charge is 0.159 e. The third kappa shape index (κ3) is 1.98. The largest absolute Gasteiger partial charge is 0.299 e. The standard InChI is InChI=1S/C15H22O2/c1-8(2)13-12(16)7-10(4)11-6-5-9(3)15(17)14(11)13/h7-9,11,13-14H,5-6H2,1-4H3/t9-,11+,13-,14-/m0/s1. The van der Waals surface area contributed by atoms with Crippen molar-refractivity contribution >= 4 is 11.6 Å². The van der Waals surface area contributed by atoms with Gasteiger partial charge in [-0.15, -0.1) is 0 Å². The van der Waals surface area contributed by atoms with Crippen molar-refractivity contribution in [3.63, 3.8) is 0 Å². The average molecular weight is 234 g/mol. The fraction of sp³-hybridized carbons (Fsp3) is 0.733. The molecule has 0 amide bonds. The molecule has 0 N–H and O–H groups in total. The Labute approximate surface area is 103 Å². The highest BCUT2D eigenvalue weighted by molar-refractivity contribution is 5.99. The molecule has 2 rings (SSSR count). The van der Waals surface area contributed by atoms with Crippen molar-refractivity contribution in [2.24, 2.45) is 29.6 Å². The van der Waals surface area contributed by atoms with E-state index in [9.17, 15) is 9.59 Å². The average Bonchev–Trinajstić information content (AvgIpc) is 2.23. The van der Waals surface area contributed by atoms with Crippen LogP contribution < -0.4 is 0 Å². The highest BCUT2D eigenvalue weighted by atomic mass is 16.1. The number of hydrogen-bond acceptors (Lipinski definition) is 2. The van der Waals surface area contributed by atoms with Gasteiger partial charge in [0.2, 0.25) is 0 Å². The monoisotopic (exact) mass is 234 g/mol. The quantitative estimate of drug-likeness (QED) is 0.699. The van der Waals surface area contributed by atoms with Crippen LogP contribution in [0, 0.1) is 29.6 Å². The Hall–Kier alpha value is -0.920. The van der Waals surface area contributed by atoms with Crippen LogP contribution in [0.15, 0.2) is 11.6 Å². The molecule has 0 bridgehead atoms. The van der Waals surface area contributed by atoms with Gasteiger partial charge in [-0.05, 0) is 37.7 Å². The molecule has 2 nitrogen and oxygen atoms in total. The lowest BCUT2D eigenvalue weighted by molar-refractivity contribution is -0.139. The molecule has 1 saturated carbocycles. The number of ketones is 2. The highest BCUT2D eigenvalue weighted by Crippen LogP contribution is 2.44. The van der Waals surface area contributed by atoms with Crippen molar-refractivity contribution in [2.75, 3.05) is 0 Å². The van der Waals surface area contributed by atoms with Crippen LogP contribution in [-0.4, -0.2) is 11.6 Å². The van der Waals surface area contributed by atoms with Crippen LogP contribution in [0.25, 0.3) is 0 Å². The van der Waals surface area contributed by atoms with Crippen molar-refractivity contribution in [2.45, 2.75) is 40.5 Å². The molecule has 0 aromatic heterocycles. The first-order chi connectivity index (χ1) is 7.93. The number of Topliss-reactive ketones (excluding diaryl/α,β-unsaturated/α-hetero) is 1. The van der Waals surface area contributed by atoms with Crippen molar-refractivity contribution in [1.29, 1.82) is 0 Å². The topological polar surface area (TPSA) is 34.1 Å². The summed E-state index contributed by atoms with van der Waals surface area (Å²) in [6, 6.07) is 0. The zero-order valence-electron chi connectivity index (χ0n) is 11.2. The maximum Gasteiger partial charge on any atom is 0.159 e. The first-order valence-corrected chi connectivity index (χ1v) is 6.69. The van der Waals surface area contributed by atoms with Crippen LogP contribution in [0.3, 0.4) is 0 Å². The van der Waals surface area contributed by atoms with E-state index in [-0.39, 0.29) is 29.5 Å². The lowest BCUT2D eigenvalue weighted by atomic mass is 9.60. The number of hydrogen-bond donors (Lipinski definition) is 0. The third-order valence-corrected chi connectivity index (χ3v) is 4.55. The van der Waals surface area contributed by atoms with Crippen molar-refractivity contribution in [1.82, 2.24) is 0 Å². The second kappa shape index (κ2) is 4.40. The predicted molar refractivity (Wildman–Crippen MR) is 67.5 cm³/mol. The molecule has 0 spiro atoms. The maximum absolute atomic E-state index is 12.4. The second-order valence-corrected chi connectivity index (χ2v) is 6.07. The molecule has 0 aliphatic heterocycles. The van der Waals surface area contributed by atoms with Gasteiger partial charge in [0, 0.05) is 17.8 Å². The Morgan fingerprint density at radius 3 is 2.47 bits per heavy atom. The van der Waals surface area contributed by atoms with E-state index in [2.05, 4.69) is 13.8 Å². The summed E-state index contributed by atoms with van der Waals surface area (Å²) in [6.07, 6.45) is 3.83. The number of carbonyl (C=O) groups is 2. The molecule has 0 radical (unpaired) electrons. The van der Waals surface area contributed by atoms with Crippen LogP contribution in [0.5, 0.6) is 0 Å². The molecule has 4 atom stereocenters. The molecule has 2 aliphatic carbocycles. The summed E-state index contributed by atoms with van der Waals surface area (Å²) in [7, 11) is 0. The first-order valence-electron chi connectivity index (χ1n) is 6.69. The zero-order chi connectivity index (χ0) is 12.7.